The second-order valence-electron chi connectivity index (χ2n) is 12.8. The number of carboxylic acid groups (broad SMARTS) is 2. The second-order valence-corrected chi connectivity index (χ2v) is 15.6. The zero-order valence-corrected chi connectivity index (χ0v) is 33.6. The standard InChI is InChI=1S/C38H36N12O10S2/c51-31(52)17-19-39-33-45-35(41-25-7-3-1-4-8-25)49-37(47-33)43-27-15-13-23(29(21-27)61(55,56)57)11-12-24-14-16-28(22-30(24)62(58,59)60)44-38-48-34(40-20-18-32(53)54)46-36(50-38)42-26-9-5-2-6-10-26/h1-16,21-22H,17-20H2,(H,51,52)(H,53,54)(H,55,56,57)(H,58,59,60)(H3,39,41,43,45,47,49)(H3,40,42,44,46,48,50)/b12-11+. The van der Waals surface area contributed by atoms with Gasteiger partial charge in [-0.2, -0.15) is 46.7 Å². The number of benzene rings is 4. The SMILES string of the molecule is O=C(O)CCNc1nc(Nc2ccccc2)nc(Nc2ccc(/C=C/c3ccc(Nc4nc(NCCC(=O)O)nc(Nc5ccccc5)n4)cc3S(=O)(=O)O)c(S(=O)(=O)O)c2)n1. The van der Waals surface area contributed by atoms with Crippen molar-refractivity contribution in [2.75, 3.05) is 45.0 Å². The van der Waals surface area contributed by atoms with Gasteiger partial charge in [0.25, 0.3) is 20.2 Å². The fourth-order valence-electron chi connectivity index (χ4n) is 5.38. The van der Waals surface area contributed by atoms with Gasteiger partial charge in [-0.25, -0.2) is 0 Å². The summed E-state index contributed by atoms with van der Waals surface area (Å²) in [4.78, 5) is 46.6. The zero-order chi connectivity index (χ0) is 44.3. The lowest BCUT2D eigenvalue weighted by Crippen LogP contribution is -2.13. The summed E-state index contributed by atoms with van der Waals surface area (Å²) in [5.74, 6) is -2.15. The Balaban J connectivity index is 1.27. The van der Waals surface area contributed by atoms with Crippen molar-refractivity contribution in [1.29, 1.82) is 0 Å². The molecule has 10 N–H and O–H groups in total. The Morgan fingerprint density at radius 2 is 0.790 bits per heavy atom. The third kappa shape index (κ3) is 12.8. The number of carboxylic acids is 2. The Morgan fingerprint density at radius 1 is 0.468 bits per heavy atom. The Hall–Kier alpha value is -7.80. The van der Waals surface area contributed by atoms with Gasteiger partial charge >= 0.3 is 11.9 Å². The molecule has 0 bridgehead atoms. The lowest BCUT2D eigenvalue weighted by Gasteiger charge is -2.13. The van der Waals surface area contributed by atoms with Crippen molar-refractivity contribution in [3.63, 3.8) is 0 Å². The normalized spacial score (nSPS) is 11.5. The van der Waals surface area contributed by atoms with Crippen LogP contribution in [0.5, 0.6) is 0 Å². The molecule has 0 aliphatic heterocycles. The maximum Gasteiger partial charge on any atom is 0.305 e. The summed E-state index contributed by atoms with van der Waals surface area (Å²) in [7, 11) is -9.82. The van der Waals surface area contributed by atoms with Crippen LogP contribution in [-0.2, 0) is 29.8 Å². The van der Waals surface area contributed by atoms with Crippen molar-refractivity contribution >= 4 is 103 Å². The smallest absolute Gasteiger partial charge is 0.305 e. The second kappa shape index (κ2) is 19.5. The molecule has 2 aromatic heterocycles. The summed E-state index contributed by atoms with van der Waals surface area (Å²) < 4.78 is 70.9. The molecule has 0 unspecified atom stereocenters. The summed E-state index contributed by atoms with van der Waals surface area (Å²) in [6, 6.07) is 25.4. The van der Waals surface area contributed by atoms with Crippen molar-refractivity contribution in [1.82, 2.24) is 29.9 Å². The van der Waals surface area contributed by atoms with Crippen LogP contribution in [0.1, 0.15) is 24.0 Å². The van der Waals surface area contributed by atoms with Gasteiger partial charge in [-0.15, -0.1) is 0 Å². The summed E-state index contributed by atoms with van der Waals surface area (Å²) in [5, 5.41) is 35.4. The molecule has 4 aromatic carbocycles. The van der Waals surface area contributed by atoms with Crippen LogP contribution in [0.3, 0.4) is 0 Å². The van der Waals surface area contributed by atoms with Crippen LogP contribution in [-0.4, -0.2) is 91.1 Å². The molecule has 22 nitrogen and oxygen atoms in total. The molecule has 0 spiro atoms. The molecule has 0 radical (unpaired) electrons. The molecule has 24 heteroatoms. The Bertz CT molecular complexity index is 2650. The molecule has 0 saturated heterocycles. The number of aliphatic carboxylic acids is 2. The van der Waals surface area contributed by atoms with E-state index in [1.54, 1.807) is 48.5 Å². The number of carbonyl (C=O) groups is 2. The third-order valence-electron chi connectivity index (χ3n) is 8.11. The van der Waals surface area contributed by atoms with E-state index in [-0.39, 0.29) is 84.1 Å². The van der Waals surface area contributed by atoms with Crippen molar-refractivity contribution in [3.8, 4) is 0 Å². The molecule has 0 fully saturated rings. The highest BCUT2D eigenvalue weighted by molar-refractivity contribution is 7.86. The van der Waals surface area contributed by atoms with Crippen LogP contribution >= 0.6 is 0 Å². The number of para-hydroxylation sites is 2. The molecule has 0 atom stereocenters. The number of rotatable bonds is 20. The van der Waals surface area contributed by atoms with Gasteiger partial charge in [-0.05, 0) is 59.7 Å². The monoisotopic (exact) mass is 884 g/mol. The van der Waals surface area contributed by atoms with Crippen LogP contribution in [0.25, 0.3) is 12.2 Å². The van der Waals surface area contributed by atoms with E-state index in [0.29, 0.717) is 11.4 Å². The van der Waals surface area contributed by atoms with Gasteiger partial charge in [0.15, 0.2) is 0 Å². The number of hydrogen-bond acceptors (Lipinski definition) is 18. The van der Waals surface area contributed by atoms with Gasteiger partial charge in [0, 0.05) is 35.8 Å². The molecule has 62 heavy (non-hydrogen) atoms. The van der Waals surface area contributed by atoms with E-state index in [0.717, 1.165) is 12.1 Å². The minimum absolute atomic E-state index is 0.000423. The van der Waals surface area contributed by atoms with Gasteiger partial charge in [0.2, 0.25) is 35.7 Å². The van der Waals surface area contributed by atoms with E-state index < -0.39 is 42.0 Å². The zero-order valence-electron chi connectivity index (χ0n) is 32.0. The number of nitrogens with zero attached hydrogens (tertiary/aromatic N) is 6. The topological polar surface area (TPSA) is 333 Å². The average Bonchev–Trinajstić information content (AvgIpc) is 3.20. The first-order chi connectivity index (χ1) is 29.6. The van der Waals surface area contributed by atoms with E-state index >= 15 is 0 Å². The maximum absolute atomic E-state index is 12.6. The fraction of sp³-hybridized carbons (Fsp3) is 0.105. The largest absolute Gasteiger partial charge is 0.481 e. The maximum atomic E-state index is 12.6. The highest BCUT2D eigenvalue weighted by Gasteiger charge is 2.19. The lowest BCUT2D eigenvalue weighted by atomic mass is 10.1. The molecule has 320 valence electrons. The quantitative estimate of drug-likeness (QED) is 0.0336. The third-order valence-corrected chi connectivity index (χ3v) is 9.93. The molecule has 6 aromatic rings. The van der Waals surface area contributed by atoms with E-state index in [1.165, 1.54) is 36.4 Å². The summed E-state index contributed by atoms with van der Waals surface area (Å²) in [6.45, 7) is -0.0296. The predicted octanol–water partition coefficient (Wildman–Crippen LogP) is 5.47. The van der Waals surface area contributed by atoms with Gasteiger partial charge in [0.1, 0.15) is 9.79 Å². The van der Waals surface area contributed by atoms with Crippen LogP contribution in [0.4, 0.5) is 58.4 Å². The van der Waals surface area contributed by atoms with Crippen LogP contribution < -0.4 is 31.9 Å². The van der Waals surface area contributed by atoms with Crippen molar-refractivity contribution < 1.29 is 45.7 Å². The first-order valence-corrected chi connectivity index (χ1v) is 21.0. The molecule has 0 saturated carbocycles. The molecule has 0 aliphatic rings. The van der Waals surface area contributed by atoms with Gasteiger partial charge in [-0.3, -0.25) is 18.7 Å². The predicted molar refractivity (Wildman–Crippen MR) is 229 cm³/mol. The van der Waals surface area contributed by atoms with E-state index in [9.17, 15) is 35.5 Å². The molecule has 6 rings (SSSR count). The number of aromatic nitrogens is 6. The van der Waals surface area contributed by atoms with Crippen molar-refractivity contribution in [2.24, 2.45) is 0 Å². The van der Waals surface area contributed by atoms with E-state index in [4.69, 9.17) is 10.2 Å². The molecular weight excluding hydrogens is 849 g/mol. The van der Waals surface area contributed by atoms with E-state index in [1.807, 2.05) is 12.1 Å². The first-order valence-electron chi connectivity index (χ1n) is 18.1. The average molecular weight is 885 g/mol. The Labute approximate surface area is 353 Å². The Morgan fingerprint density at radius 3 is 1.11 bits per heavy atom. The highest BCUT2D eigenvalue weighted by Crippen LogP contribution is 2.29. The number of nitrogens with one attached hydrogen (secondary N) is 6. The van der Waals surface area contributed by atoms with Crippen molar-refractivity contribution in [3.05, 3.63) is 108 Å². The minimum atomic E-state index is -4.91. The molecular formula is C38H36N12O10S2. The van der Waals surface area contributed by atoms with Crippen LogP contribution in [0.15, 0.2) is 107 Å². The van der Waals surface area contributed by atoms with Gasteiger partial charge < -0.3 is 42.1 Å². The van der Waals surface area contributed by atoms with Gasteiger partial charge in [0.05, 0.1) is 12.8 Å². The molecule has 0 amide bonds. The minimum Gasteiger partial charge on any atom is -0.481 e. The Kier molecular flexibility index (Phi) is 13.8. The summed E-state index contributed by atoms with van der Waals surface area (Å²) >= 11 is 0. The fourth-order valence-corrected chi connectivity index (χ4v) is 6.80. The van der Waals surface area contributed by atoms with Crippen molar-refractivity contribution in [2.45, 2.75) is 22.6 Å². The highest BCUT2D eigenvalue weighted by atomic mass is 32.2. The van der Waals surface area contributed by atoms with E-state index in [2.05, 4.69) is 61.8 Å². The number of hydrogen-bond donors (Lipinski definition) is 10. The molecule has 2 heterocycles. The number of anilines is 10. The first kappa shape index (κ1) is 43.8. The van der Waals surface area contributed by atoms with Gasteiger partial charge in [-0.1, -0.05) is 60.7 Å². The van der Waals surface area contributed by atoms with Crippen LogP contribution in [0.2, 0.25) is 0 Å². The lowest BCUT2D eigenvalue weighted by molar-refractivity contribution is -0.137. The summed E-state index contributed by atoms with van der Waals surface area (Å²) in [6.07, 6.45) is 1.95. The molecule has 0 aliphatic carbocycles. The summed E-state index contributed by atoms with van der Waals surface area (Å²) in [5.41, 5.74) is 1.29. The van der Waals surface area contributed by atoms with Crippen LogP contribution in [0, 0.1) is 0 Å².